The Kier molecular flexibility index (Phi) is 3.73. The number of carbonyl (C=O) groups is 1. The molecule has 0 unspecified atom stereocenters. The SMILES string of the molecule is O=C(O)C=Cc1cc2c(cc1OCC(F)(F)F)OCO2. The molecule has 1 aliphatic rings. The Morgan fingerprint density at radius 1 is 1.35 bits per heavy atom. The highest BCUT2D eigenvalue weighted by atomic mass is 19.4. The van der Waals surface area contributed by atoms with E-state index in [0.717, 1.165) is 12.2 Å². The number of rotatable bonds is 4. The van der Waals surface area contributed by atoms with E-state index >= 15 is 0 Å². The first-order valence-electron chi connectivity index (χ1n) is 5.39. The topological polar surface area (TPSA) is 65.0 Å². The van der Waals surface area contributed by atoms with Gasteiger partial charge in [-0.2, -0.15) is 13.2 Å². The lowest BCUT2D eigenvalue weighted by molar-refractivity contribution is -0.153. The molecule has 0 saturated carbocycles. The minimum atomic E-state index is -4.50. The Morgan fingerprint density at radius 2 is 2.00 bits per heavy atom. The van der Waals surface area contributed by atoms with Crippen molar-refractivity contribution in [3.05, 3.63) is 23.8 Å². The highest BCUT2D eigenvalue weighted by Crippen LogP contribution is 2.39. The Bertz CT molecular complexity index is 551. The van der Waals surface area contributed by atoms with Gasteiger partial charge >= 0.3 is 12.1 Å². The van der Waals surface area contributed by atoms with Gasteiger partial charge in [-0.15, -0.1) is 0 Å². The van der Waals surface area contributed by atoms with Crippen LogP contribution in [0, 0.1) is 0 Å². The van der Waals surface area contributed by atoms with Crippen molar-refractivity contribution < 1.29 is 37.3 Å². The van der Waals surface area contributed by atoms with E-state index in [1.165, 1.54) is 12.1 Å². The number of hydrogen-bond donors (Lipinski definition) is 1. The molecule has 1 aliphatic heterocycles. The molecule has 2 rings (SSSR count). The van der Waals surface area contributed by atoms with E-state index in [-0.39, 0.29) is 23.9 Å². The second-order valence-corrected chi connectivity index (χ2v) is 3.82. The monoisotopic (exact) mass is 290 g/mol. The summed E-state index contributed by atoms with van der Waals surface area (Å²) in [6, 6.07) is 2.59. The molecule has 0 radical (unpaired) electrons. The normalized spacial score (nSPS) is 13.8. The van der Waals surface area contributed by atoms with Crippen molar-refractivity contribution in [2.24, 2.45) is 0 Å². The van der Waals surface area contributed by atoms with E-state index < -0.39 is 18.8 Å². The minimum absolute atomic E-state index is 0.0554. The van der Waals surface area contributed by atoms with Gasteiger partial charge in [-0.25, -0.2) is 4.79 Å². The van der Waals surface area contributed by atoms with Crippen molar-refractivity contribution in [1.29, 1.82) is 0 Å². The predicted octanol–water partition coefficient (Wildman–Crippen LogP) is 2.45. The largest absolute Gasteiger partial charge is 0.483 e. The van der Waals surface area contributed by atoms with Gasteiger partial charge in [0.1, 0.15) is 5.75 Å². The number of carboxylic acid groups (broad SMARTS) is 1. The molecule has 0 bridgehead atoms. The van der Waals surface area contributed by atoms with Crippen molar-refractivity contribution in [3.63, 3.8) is 0 Å². The summed E-state index contributed by atoms with van der Waals surface area (Å²) < 4.78 is 51.3. The van der Waals surface area contributed by atoms with Gasteiger partial charge in [-0.1, -0.05) is 0 Å². The summed E-state index contributed by atoms with van der Waals surface area (Å²) in [4.78, 5) is 10.5. The van der Waals surface area contributed by atoms with Crippen molar-refractivity contribution >= 4 is 12.0 Å². The van der Waals surface area contributed by atoms with Gasteiger partial charge in [-0.3, -0.25) is 0 Å². The van der Waals surface area contributed by atoms with Gasteiger partial charge in [0.15, 0.2) is 18.1 Å². The average molecular weight is 290 g/mol. The van der Waals surface area contributed by atoms with Gasteiger partial charge in [0.25, 0.3) is 0 Å². The smallest absolute Gasteiger partial charge is 0.422 e. The predicted molar refractivity (Wildman–Crippen MR) is 60.8 cm³/mol. The average Bonchev–Trinajstić information content (AvgIpc) is 2.79. The highest BCUT2D eigenvalue weighted by Gasteiger charge is 2.29. The van der Waals surface area contributed by atoms with E-state index in [4.69, 9.17) is 14.6 Å². The zero-order valence-corrected chi connectivity index (χ0v) is 9.94. The maximum atomic E-state index is 12.2. The number of fused-ring (bicyclic) bond motifs is 1. The van der Waals surface area contributed by atoms with Crippen LogP contribution >= 0.6 is 0 Å². The summed E-state index contributed by atoms with van der Waals surface area (Å²) >= 11 is 0. The molecule has 0 atom stereocenters. The second-order valence-electron chi connectivity index (χ2n) is 3.82. The zero-order valence-electron chi connectivity index (χ0n) is 9.94. The molecule has 8 heteroatoms. The van der Waals surface area contributed by atoms with Crippen LogP contribution in [0.3, 0.4) is 0 Å². The lowest BCUT2D eigenvalue weighted by atomic mass is 10.1. The number of hydrogen-bond acceptors (Lipinski definition) is 4. The molecule has 0 spiro atoms. The number of ether oxygens (including phenoxy) is 3. The van der Waals surface area contributed by atoms with Crippen LogP contribution in [-0.4, -0.2) is 30.7 Å². The van der Waals surface area contributed by atoms with E-state index in [9.17, 15) is 18.0 Å². The van der Waals surface area contributed by atoms with Crippen molar-refractivity contribution in [1.82, 2.24) is 0 Å². The summed E-state index contributed by atoms with van der Waals surface area (Å²) in [5.41, 5.74) is 0.154. The minimum Gasteiger partial charge on any atom is -0.483 e. The fourth-order valence-electron chi connectivity index (χ4n) is 1.51. The number of carboxylic acids is 1. The molecular formula is C12H9F3O5. The summed E-state index contributed by atoms with van der Waals surface area (Å²) in [6.45, 7) is -1.54. The first-order chi connectivity index (χ1) is 9.35. The fraction of sp³-hybridized carbons (Fsp3) is 0.250. The maximum Gasteiger partial charge on any atom is 0.422 e. The molecule has 0 aromatic heterocycles. The van der Waals surface area contributed by atoms with Crippen LogP contribution in [0.25, 0.3) is 6.08 Å². The van der Waals surface area contributed by atoms with Gasteiger partial charge in [0.2, 0.25) is 6.79 Å². The second kappa shape index (κ2) is 5.32. The zero-order chi connectivity index (χ0) is 14.8. The lowest BCUT2D eigenvalue weighted by Gasteiger charge is -2.12. The summed E-state index contributed by atoms with van der Waals surface area (Å²) in [5.74, 6) is -0.808. The van der Waals surface area contributed by atoms with Gasteiger partial charge < -0.3 is 19.3 Å². The number of halogens is 3. The standard InChI is InChI=1S/C12H9F3O5/c13-12(14,15)5-18-8-4-10-9(19-6-20-10)3-7(8)1-2-11(16)17/h1-4H,5-6H2,(H,16,17). The molecule has 108 valence electrons. The van der Waals surface area contributed by atoms with Crippen LogP contribution in [-0.2, 0) is 4.79 Å². The fourth-order valence-corrected chi connectivity index (χ4v) is 1.51. The van der Waals surface area contributed by atoms with Crippen molar-refractivity contribution in [2.75, 3.05) is 13.4 Å². The highest BCUT2D eigenvalue weighted by molar-refractivity contribution is 5.86. The Morgan fingerprint density at radius 3 is 2.60 bits per heavy atom. The summed E-state index contributed by atoms with van der Waals surface area (Å²) in [6.07, 6.45) is -2.59. The molecule has 20 heavy (non-hydrogen) atoms. The van der Waals surface area contributed by atoms with Crippen LogP contribution in [0.15, 0.2) is 18.2 Å². The first-order valence-corrected chi connectivity index (χ1v) is 5.39. The molecule has 0 fully saturated rings. The first kappa shape index (κ1) is 14.0. The van der Waals surface area contributed by atoms with E-state index in [2.05, 4.69) is 4.74 Å². The van der Waals surface area contributed by atoms with Crippen molar-refractivity contribution in [2.45, 2.75) is 6.18 Å². The Hall–Kier alpha value is -2.38. The molecule has 1 heterocycles. The van der Waals surface area contributed by atoms with Crippen molar-refractivity contribution in [3.8, 4) is 17.2 Å². The third-order valence-corrected chi connectivity index (χ3v) is 2.30. The Labute approximate surface area is 111 Å². The molecule has 5 nitrogen and oxygen atoms in total. The third-order valence-electron chi connectivity index (χ3n) is 2.30. The molecule has 0 amide bonds. The molecule has 1 N–H and O–H groups in total. The summed E-state index contributed by atoms with van der Waals surface area (Å²) in [7, 11) is 0. The number of benzene rings is 1. The number of aliphatic carboxylic acids is 1. The van der Waals surface area contributed by atoms with Crippen LogP contribution in [0.1, 0.15) is 5.56 Å². The number of alkyl halides is 3. The molecule has 0 aliphatic carbocycles. The lowest BCUT2D eigenvalue weighted by Crippen LogP contribution is -2.19. The molecule has 0 saturated heterocycles. The Balaban J connectivity index is 2.29. The summed E-state index contributed by atoms with van der Waals surface area (Å²) in [5, 5.41) is 8.55. The molecule has 1 aromatic rings. The maximum absolute atomic E-state index is 12.2. The van der Waals surface area contributed by atoms with E-state index in [1.54, 1.807) is 0 Å². The van der Waals surface area contributed by atoms with E-state index in [0.29, 0.717) is 5.75 Å². The third kappa shape index (κ3) is 3.56. The van der Waals surface area contributed by atoms with E-state index in [1.807, 2.05) is 0 Å². The van der Waals surface area contributed by atoms with Gasteiger partial charge in [0.05, 0.1) is 0 Å². The van der Waals surface area contributed by atoms with Gasteiger partial charge in [-0.05, 0) is 12.1 Å². The van der Waals surface area contributed by atoms with Crippen LogP contribution in [0.2, 0.25) is 0 Å². The van der Waals surface area contributed by atoms with Crippen LogP contribution in [0.5, 0.6) is 17.2 Å². The van der Waals surface area contributed by atoms with Crippen LogP contribution < -0.4 is 14.2 Å². The molecular weight excluding hydrogens is 281 g/mol. The quantitative estimate of drug-likeness (QED) is 0.863. The van der Waals surface area contributed by atoms with Crippen LogP contribution in [0.4, 0.5) is 13.2 Å². The van der Waals surface area contributed by atoms with Gasteiger partial charge in [0, 0.05) is 17.7 Å². The molecule has 1 aromatic carbocycles.